The molecule has 80 valence electrons. The highest BCUT2D eigenvalue weighted by Gasteiger charge is 2.11. The van der Waals surface area contributed by atoms with E-state index in [2.05, 4.69) is 17.0 Å². The van der Waals surface area contributed by atoms with Gasteiger partial charge in [0.2, 0.25) is 0 Å². The molecule has 0 saturated heterocycles. The van der Waals surface area contributed by atoms with E-state index in [1.165, 1.54) is 0 Å². The van der Waals surface area contributed by atoms with E-state index < -0.39 is 0 Å². The summed E-state index contributed by atoms with van der Waals surface area (Å²) in [5, 5.41) is 4.11. The van der Waals surface area contributed by atoms with E-state index in [1.54, 1.807) is 18.1 Å². The zero-order valence-corrected chi connectivity index (χ0v) is 9.84. The molecule has 0 bridgehead atoms. The van der Waals surface area contributed by atoms with Crippen molar-refractivity contribution in [3.63, 3.8) is 0 Å². The standard InChI is InChI=1S/C9H18N4S/c1-4-13-8(11-7-12-13)5-14-6-9(2,3)10/h7H,4-6,10H2,1-3H3. The van der Waals surface area contributed by atoms with Crippen molar-refractivity contribution in [1.82, 2.24) is 14.8 Å². The Bertz CT molecular complexity index is 277. The van der Waals surface area contributed by atoms with Crippen LogP contribution in [-0.2, 0) is 12.3 Å². The van der Waals surface area contributed by atoms with Gasteiger partial charge in [-0.15, -0.1) is 0 Å². The maximum atomic E-state index is 5.88. The van der Waals surface area contributed by atoms with Crippen molar-refractivity contribution < 1.29 is 0 Å². The quantitative estimate of drug-likeness (QED) is 0.802. The zero-order valence-electron chi connectivity index (χ0n) is 9.03. The largest absolute Gasteiger partial charge is 0.325 e. The molecule has 0 aliphatic carbocycles. The Kier molecular flexibility index (Phi) is 3.95. The van der Waals surface area contributed by atoms with Crippen LogP contribution in [0.25, 0.3) is 0 Å². The molecule has 0 aromatic carbocycles. The number of rotatable bonds is 5. The lowest BCUT2D eigenvalue weighted by molar-refractivity contribution is 0.590. The molecule has 0 unspecified atom stereocenters. The van der Waals surface area contributed by atoms with Crippen LogP contribution in [0.4, 0.5) is 0 Å². The molecule has 1 aromatic heterocycles. The lowest BCUT2D eigenvalue weighted by Gasteiger charge is -2.17. The van der Waals surface area contributed by atoms with Gasteiger partial charge < -0.3 is 5.73 Å². The van der Waals surface area contributed by atoms with Gasteiger partial charge in [0.05, 0.1) is 5.75 Å². The zero-order chi connectivity index (χ0) is 10.6. The molecule has 0 radical (unpaired) electrons. The number of aryl methyl sites for hydroxylation is 1. The highest BCUT2D eigenvalue weighted by atomic mass is 32.2. The Labute approximate surface area is 89.3 Å². The second kappa shape index (κ2) is 4.79. The highest BCUT2D eigenvalue weighted by molar-refractivity contribution is 7.98. The van der Waals surface area contributed by atoms with Gasteiger partial charge in [-0.3, -0.25) is 0 Å². The van der Waals surface area contributed by atoms with Crippen molar-refractivity contribution >= 4 is 11.8 Å². The summed E-state index contributed by atoms with van der Waals surface area (Å²) in [5.41, 5.74) is 5.77. The fourth-order valence-corrected chi connectivity index (χ4v) is 2.10. The minimum absolute atomic E-state index is 0.109. The first-order valence-corrected chi connectivity index (χ1v) is 5.91. The third-order valence-corrected chi connectivity index (χ3v) is 3.11. The van der Waals surface area contributed by atoms with Crippen LogP contribution in [0.5, 0.6) is 0 Å². The summed E-state index contributed by atoms with van der Waals surface area (Å²) in [6.45, 7) is 7.01. The van der Waals surface area contributed by atoms with Crippen LogP contribution in [0.2, 0.25) is 0 Å². The van der Waals surface area contributed by atoms with Crippen LogP contribution in [0.3, 0.4) is 0 Å². The van der Waals surface area contributed by atoms with Crippen LogP contribution < -0.4 is 5.73 Å². The SMILES string of the molecule is CCn1ncnc1CSCC(C)(C)N. The molecule has 0 spiro atoms. The van der Waals surface area contributed by atoms with Gasteiger partial charge in [0.25, 0.3) is 0 Å². The van der Waals surface area contributed by atoms with Crippen LogP contribution in [0, 0.1) is 0 Å². The lowest BCUT2D eigenvalue weighted by Crippen LogP contribution is -2.34. The van der Waals surface area contributed by atoms with E-state index in [0.29, 0.717) is 0 Å². The maximum Gasteiger partial charge on any atom is 0.138 e. The molecule has 14 heavy (non-hydrogen) atoms. The molecule has 0 saturated carbocycles. The van der Waals surface area contributed by atoms with Crippen molar-refractivity contribution in [3.8, 4) is 0 Å². The summed E-state index contributed by atoms with van der Waals surface area (Å²) in [5.74, 6) is 2.85. The Morgan fingerprint density at radius 3 is 2.86 bits per heavy atom. The molecular weight excluding hydrogens is 196 g/mol. The second-order valence-electron chi connectivity index (χ2n) is 3.97. The molecule has 0 aliphatic rings. The summed E-state index contributed by atoms with van der Waals surface area (Å²) in [4.78, 5) is 4.20. The van der Waals surface area contributed by atoms with Gasteiger partial charge in [-0.1, -0.05) is 0 Å². The number of hydrogen-bond donors (Lipinski definition) is 1. The van der Waals surface area contributed by atoms with E-state index in [-0.39, 0.29) is 5.54 Å². The minimum atomic E-state index is -0.109. The average Bonchev–Trinajstić information content (AvgIpc) is 2.49. The van der Waals surface area contributed by atoms with E-state index >= 15 is 0 Å². The maximum absolute atomic E-state index is 5.88. The van der Waals surface area contributed by atoms with Crippen molar-refractivity contribution in [3.05, 3.63) is 12.2 Å². The normalized spacial score (nSPS) is 12.0. The summed E-state index contributed by atoms with van der Waals surface area (Å²) in [6.07, 6.45) is 1.60. The highest BCUT2D eigenvalue weighted by Crippen LogP contribution is 2.14. The van der Waals surface area contributed by atoms with Crippen molar-refractivity contribution in [2.24, 2.45) is 5.73 Å². The van der Waals surface area contributed by atoms with E-state index in [4.69, 9.17) is 5.73 Å². The Balaban J connectivity index is 2.38. The predicted octanol–water partition coefficient (Wildman–Crippen LogP) is 1.27. The number of nitrogens with two attached hydrogens (primary N) is 1. The van der Waals surface area contributed by atoms with Crippen molar-refractivity contribution in [1.29, 1.82) is 0 Å². The summed E-state index contributed by atoms with van der Waals surface area (Å²) >= 11 is 1.80. The molecule has 0 fully saturated rings. The molecule has 2 N–H and O–H groups in total. The molecule has 1 rings (SSSR count). The first kappa shape index (κ1) is 11.5. The third-order valence-electron chi connectivity index (χ3n) is 1.70. The number of nitrogens with zero attached hydrogens (tertiary/aromatic N) is 3. The van der Waals surface area contributed by atoms with Gasteiger partial charge >= 0.3 is 0 Å². The number of aromatic nitrogens is 3. The summed E-state index contributed by atoms with van der Waals surface area (Å²) in [6, 6.07) is 0. The molecule has 4 nitrogen and oxygen atoms in total. The Morgan fingerprint density at radius 2 is 2.29 bits per heavy atom. The molecule has 0 atom stereocenters. The minimum Gasteiger partial charge on any atom is -0.325 e. The van der Waals surface area contributed by atoms with Crippen LogP contribution in [-0.4, -0.2) is 26.1 Å². The van der Waals surface area contributed by atoms with Crippen LogP contribution in [0.1, 0.15) is 26.6 Å². The fourth-order valence-electron chi connectivity index (χ4n) is 1.07. The topological polar surface area (TPSA) is 56.7 Å². The van der Waals surface area contributed by atoms with Gasteiger partial charge in [-0.25, -0.2) is 9.67 Å². The van der Waals surface area contributed by atoms with E-state index in [1.807, 2.05) is 18.5 Å². The monoisotopic (exact) mass is 214 g/mol. The summed E-state index contributed by atoms with van der Waals surface area (Å²) in [7, 11) is 0. The molecular formula is C9H18N4S. The van der Waals surface area contributed by atoms with Gasteiger partial charge in [0.15, 0.2) is 0 Å². The first-order chi connectivity index (χ1) is 6.53. The molecule has 0 aliphatic heterocycles. The smallest absolute Gasteiger partial charge is 0.138 e. The van der Waals surface area contributed by atoms with Crippen molar-refractivity contribution in [2.75, 3.05) is 5.75 Å². The molecule has 5 heteroatoms. The fraction of sp³-hybridized carbons (Fsp3) is 0.778. The van der Waals surface area contributed by atoms with Crippen molar-refractivity contribution in [2.45, 2.75) is 38.6 Å². The average molecular weight is 214 g/mol. The van der Waals surface area contributed by atoms with Crippen LogP contribution >= 0.6 is 11.8 Å². The second-order valence-corrected chi connectivity index (χ2v) is 4.96. The predicted molar refractivity (Wildman–Crippen MR) is 60.1 cm³/mol. The molecule has 0 amide bonds. The van der Waals surface area contributed by atoms with Gasteiger partial charge in [-0.05, 0) is 20.8 Å². The third kappa shape index (κ3) is 3.67. The van der Waals surface area contributed by atoms with Gasteiger partial charge in [-0.2, -0.15) is 16.9 Å². The lowest BCUT2D eigenvalue weighted by atomic mass is 10.1. The Hall–Kier alpha value is -0.550. The van der Waals surface area contributed by atoms with Gasteiger partial charge in [0, 0.05) is 17.8 Å². The summed E-state index contributed by atoms with van der Waals surface area (Å²) < 4.78 is 1.91. The van der Waals surface area contributed by atoms with Gasteiger partial charge in [0.1, 0.15) is 12.2 Å². The molecule has 1 heterocycles. The van der Waals surface area contributed by atoms with E-state index in [9.17, 15) is 0 Å². The number of thioether (sulfide) groups is 1. The first-order valence-electron chi connectivity index (χ1n) is 4.76. The number of hydrogen-bond acceptors (Lipinski definition) is 4. The molecule has 1 aromatic rings. The van der Waals surface area contributed by atoms with Crippen LogP contribution in [0.15, 0.2) is 6.33 Å². The Morgan fingerprint density at radius 1 is 1.57 bits per heavy atom. The van der Waals surface area contributed by atoms with E-state index in [0.717, 1.165) is 23.9 Å².